The molecule has 0 unspecified atom stereocenters. The van der Waals surface area contributed by atoms with Crippen LogP contribution in [0.2, 0.25) is 0 Å². The zero-order chi connectivity index (χ0) is 19.9. The number of hydrogen-bond donors (Lipinski definition) is 0. The van der Waals surface area contributed by atoms with Gasteiger partial charge in [0.05, 0.1) is 12.1 Å². The summed E-state index contributed by atoms with van der Waals surface area (Å²) in [6.07, 6.45) is 2.99. The van der Waals surface area contributed by atoms with E-state index in [0.29, 0.717) is 6.61 Å². The first kappa shape index (κ1) is 20.2. The zero-order valence-corrected chi connectivity index (χ0v) is 17.1. The molecule has 4 heteroatoms. The minimum Gasteiger partial charge on any atom is -0.494 e. The summed E-state index contributed by atoms with van der Waals surface area (Å²) in [5, 5.41) is 0.769. The molecule has 28 heavy (non-hydrogen) atoms. The van der Waals surface area contributed by atoms with Gasteiger partial charge in [-0.25, -0.2) is 0 Å². The van der Waals surface area contributed by atoms with Crippen molar-refractivity contribution < 1.29 is 4.74 Å². The maximum Gasteiger partial charge on any atom is 0.197 e. The molecule has 1 aromatic heterocycles. The standard InChI is InChI=1S/C24H30N2O2/c1-4-17-28-20-13-11-19(12-14-20)22-18-26(16-15-25(5-2)6-3)23-10-8-7-9-21(23)24(22)27/h7-14,18H,4-6,15-17H2,1-3H3. The lowest BCUT2D eigenvalue weighted by atomic mass is 10.0. The Kier molecular flexibility index (Phi) is 6.88. The summed E-state index contributed by atoms with van der Waals surface area (Å²) in [7, 11) is 0. The molecule has 1 heterocycles. The van der Waals surface area contributed by atoms with Crippen LogP contribution < -0.4 is 10.2 Å². The van der Waals surface area contributed by atoms with Gasteiger partial charge in [-0.2, -0.15) is 0 Å². The van der Waals surface area contributed by atoms with Crippen LogP contribution in [0, 0.1) is 0 Å². The van der Waals surface area contributed by atoms with E-state index in [4.69, 9.17) is 4.74 Å². The van der Waals surface area contributed by atoms with Crippen molar-refractivity contribution in [2.24, 2.45) is 0 Å². The molecule has 3 aromatic rings. The first-order valence-electron chi connectivity index (χ1n) is 10.3. The fourth-order valence-corrected chi connectivity index (χ4v) is 3.48. The van der Waals surface area contributed by atoms with Gasteiger partial charge in [-0.15, -0.1) is 0 Å². The molecule has 148 valence electrons. The molecular weight excluding hydrogens is 348 g/mol. The topological polar surface area (TPSA) is 34.5 Å². The lowest BCUT2D eigenvalue weighted by molar-refractivity contribution is 0.292. The van der Waals surface area contributed by atoms with Crippen LogP contribution in [0.1, 0.15) is 27.2 Å². The predicted molar refractivity (Wildman–Crippen MR) is 117 cm³/mol. The molecule has 0 saturated heterocycles. The fraction of sp³-hybridized carbons (Fsp3) is 0.375. The van der Waals surface area contributed by atoms with Gasteiger partial charge < -0.3 is 14.2 Å². The lowest BCUT2D eigenvalue weighted by Crippen LogP contribution is -2.27. The summed E-state index contributed by atoms with van der Waals surface area (Å²) >= 11 is 0. The minimum atomic E-state index is 0.0805. The molecule has 0 saturated carbocycles. The first-order valence-corrected chi connectivity index (χ1v) is 10.3. The SMILES string of the molecule is CCCOc1ccc(-c2cn(CCN(CC)CC)c3ccccc3c2=O)cc1. The third-order valence-electron chi connectivity index (χ3n) is 5.18. The van der Waals surface area contributed by atoms with E-state index in [1.165, 1.54) is 0 Å². The number of nitrogens with zero attached hydrogens (tertiary/aromatic N) is 2. The monoisotopic (exact) mass is 378 g/mol. The van der Waals surface area contributed by atoms with Gasteiger partial charge in [0.2, 0.25) is 0 Å². The van der Waals surface area contributed by atoms with Crippen molar-refractivity contribution in [3.8, 4) is 16.9 Å². The summed E-state index contributed by atoms with van der Waals surface area (Å²) < 4.78 is 7.89. The second kappa shape index (κ2) is 9.56. The number of aromatic nitrogens is 1. The van der Waals surface area contributed by atoms with Crippen LogP contribution >= 0.6 is 0 Å². The first-order chi connectivity index (χ1) is 13.7. The third kappa shape index (κ3) is 4.45. The quantitative estimate of drug-likeness (QED) is 0.536. The molecule has 0 radical (unpaired) electrons. The highest BCUT2D eigenvalue weighted by atomic mass is 16.5. The molecular formula is C24H30N2O2. The largest absolute Gasteiger partial charge is 0.494 e. The smallest absolute Gasteiger partial charge is 0.197 e. The Hall–Kier alpha value is -2.59. The van der Waals surface area contributed by atoms with Crippen LogP contribution in [-0.2, 0) is 6.54 Å². The fourth-order valence-electron chi connectivity index (χ4n) is 3.48. The Labute approximate surface area is 167 Å². The van der Waals surface area contributed by atoms with E-state index < -0.39 is 0 Å². The van der Waals surface area contributed by atoms with Crippen LogP contribution in [0.15, 0.2) is 59.5 Å². The Balaban J connectivity index is 2.00. The van der Waals surface area contributed by atoms with Crippen molar-refractivity contribution in [3.63, 3.8) is 0 Å². The average molecular weight is 379 g/mol. The highest BCUT2D eigenvalue weighted by molar-refractivity contribution is 5.84. The van der Waals surface area contributed by atoms with E-state index in [-0.39, 0.29) is 5.43 Å². The number of fused-ring (bicyclic) bond motifs is 1. The van der Waals surface area contributed by atoms with Crippen molar-refractivity contribution in [1.29, 1.82) is 0 Å². The van der Waals surface area contributed by atoms with Crippen LogP contribution in [0.4, 0.5) is 0 Å². The van der Waals surface area contributed by atoms with Gasteiger partial charge in [0, 0.05) is 30.2 Å². The molecule has 0 aliphatic heterocycles. The Morgan fingerprint density at radius 3 is 2.36 bits per heavy atom. The van der Waals surface area contributed by atoms with Gasteiger partial charge in [0.25, 0.3) is 0 Å². The van der Waals surface area contributed by atoms with Gasteiger partial charge in [0.1, 0.15) is 5.75 Å². The van der Waals surface area contributed by atoms with Crippen LogP contribution in [0.3, 0.4) is 0 Å². The molecule has 0 amide bonds. The molecule has 0 bridgehead atoms. The summed E-state index contributed by atoms with van der Waals surface area (Å²) in [5.74, 6) is 0.841. The van der Waals surface area contributed by atoms with E-state index in [9.17, 15) is 4.79 Å². The Morgan fingerprint density at radius 2 is 1.68 bits per heavy atom. The third-order valence-corrected chi connectivity index (χ3v) is 5.18. The van der Waals surface area contributed by atoms with Gasteiger partial charge in [-0.3, -0.25) is 4.79 Å². The van der Waals surface area contributed by atoms with Gasteiger partial charge in [-0.05, 0) is 49.3 Å². The number of para-hydroxylation sites is 1. The molecule has 0 aliphatic carbocycles. The van der Waals surface area contributed by atoms with Crippen molar-refractivity contribution >= 4 is 10.9 Å². The molecule has 0 N–H and O–H groups in total. The van der Waals surface area contributed by atoms with Gasteiger partial charge >= 0.3 is 0 Å². The van der Waals surface area contributed by atoms with E-state index in [2.05, 4.69) is 30.2 Å². The molecule has 0 fully saturated rings. The van der Waals surface area contributed by atoms with Crippen LogP contribution in [-0.4, -0.2) is 35.7 Å². The maximum atomic E-state index is 13.1. The average Bonchev–Trinajstić information content (AvgIpc) is 2.75. The second-order valence-electron chi connectivity index (χ2n) is 6.98. The molecule has 2 aromatic carbocycles. The van der Waals surface area contributed by atoms with E-state index in [1.807, 2.05) is 54.7 Å². The molecule has 0 spiro atoms. The number of rotatable bonds is 9. The van der Waals surface area contributed by atoms with E-state index in [0.717, 1.165) is 60.4 Å². The molecule has 0 atom stereocenters. The molecule has 4 nitrogen and oxygen atoms in total. The minimum absolute atomic E-state index is 0.0805. The number of likely N-dealkylation sites (N-methyl/N-ethyl adjacent to an activating group) is 1. The van der Waals surface area contributed by atoms with Crippen LogP contribution in [0.25, 0.3) is 22.0 Å². The van der Waals surface area contributed by atoms with E-state index in [1.54, 1.807) is 0 Å². The Bertz CT molecular complexity index is 956. The lowest BCUT2D eigenvalue weighted by Gasteiger charge is -2.20. The van der Waals surface area contributed by atoms with Crippen molar-refractivity contribution in [1.82, 2.24) is 9.47 Å². The number of benzene rings is 2. The maximum absolute atomic E-state index is 13.1. The van der Waals surface area contributed by atoms with Gasteiger partial charge in [-0.1, -0.05) is 45.0 Å². The number of hydrogen-bond acceptors (Lipinski definition) is 3. The van der Waals surface area contributed by atoms with Crippen molar-refractivity contribution in [2.45, 2.75) is 33.7 Å². The van der Waals surface area contributed by atoms with Crippen LogP contribution in [0.5, 0.6) is 5.75 Å². The normalized spacial score (nSPS) is 11.3. The Morgan fingerprint density at radius 1 is 0.964 bits per heavy atom. The summed E-state index contributed by atoms with van der Waals surface area (Å²) in [6.45, 7) is 11.0. The summed E-state index contributed by atoms with van der Waals surface area (Å²) in [6, 6.07) is 15.7. The summed E-state index contributed by atoms with van der Waals surface area (Å²) in [5.41, 5.74) is 2.74. The molecule has 3 rings (SSSR count). The second-order valence-corrected chi connectivity index (χ2v) is 6.98. The highest BCUT2D eigenvalue weighted by Gasteiger charge is 2.11. The highest BCUT2D eigenvalue weighted by Crippen LogP contribution is 2.23. The predicted octanol–water partition coefficient (Wildman–Crippen LogP) is 4.80. The van der Waals surface area contributed by atoms with Crippen molar-refractivity contribution in [3.05, 3.63) is 65.0 Å². The van der Waals surface area contributed by atoms with E-state index >= 15 is 0 Å². The zero-order valence-electron chi connectivity index (χ0n) is 17.1. The number of ether oxygens (including phenoxy) is 1. The summed E-state index contributed by atoms with van der Waals surface area (Å²) in [4.78, 5) is 15.5. The van der Waals surface area contributed by atoms with Gasteiger partial charge in [0.15, 0.2) is 5.43 Å². The number of pyridine rings is 1. The molecule has 0 aliphatic rings. The van der Waals surface area contributed by atoms with Crippen molar-refractivity contribution in [2.75, 3.05) is 26.2 Å².